The van der Waals surface area contributed by atoms with Crippen molar-refractivity contribution in [3.8, 4) is 0 Å². The monoisotopic (exact) mass is 319 g/mol. The summed E-state index contributed by atoms with van der Waals surface area (Å²) in [7, 11) is 0. The van der Waals surface area contributed by atoms with Crippen LogP contribution < -0.4 is 5.32 Å². The molecule has 0 atom stereocenters. The second-order valence-electron chi connectivity index (χ2n) is 4.58. The number of nitrogens with one attached hydrogen (secondary N) is 1. The van der Waals surface area contributed by atoms with E-state index in [0.29, 0.717) is 11.4 Å². The first kappa shape index (κ1) is 16.2. The number of para-hydroxylation sites is 1. The fourth-order valence-corrected chi connectivity index (χ4v) is 2.04. The number of halogens is 6. The first-order chi connectivity index (χ1) is 10.2. The van der Waals surface area contributed by atoms with Crippen LogP contribution in [-0.2, 0) is 0 Å². The summed E-state index contributed by atoms with van der Waals surface area (Å²) in [4.78, 5) is 0. The Morgan fingerprint density at radius 1 is 0.864 bits per heavy atom. The molecule has 1 N–H and O–H groups in total. The van der Waals surface area contributed by atoms with Crippen LogP contribution in [0.15, 0.2) is 65.4 Å². The summed E-state index contributed by atoms with van der Waals surface area (Å²) in [5.41, 5.74) is -2.11. The molecule has 1 nitrogen and oxygen atoms in total. The highest BCUT2D eigenvalue weighted by molar-refractivity contribution is 5.53. The molecule has 0 saturated carbocycles. The Kier molecular flexibility index (Phi) is 4.35. The zero-order valence-corrected chi connectivity index (χ0v) is 11.1. The van der Waals surface area contributed by atoms with Crippen molar-refractivity contribution in [1.82, 2.24) is 0 Å². The van der Waals surface area contributed by atoms with Crippen molar-refractivity contribution in [3.05, 3.63) is 65.4 Å². The third kappa shape index (κ3) is 3.93. The highest BCUT2D eigenvalue weighted by atomic mass is 19.4. The van der Waals surface area contributed by atoms with Crippen molar-refractivity contribution in [2.45, 2.75) is 18.8 Å². The quantitative estimate of drug-likeness (QED) is 0.723. The number of anilines is 1. The molecule has 2 rings (SSSR count). The van der Waals surface area contributed by atoms with Gasteiger partial charge in [-0.25, -0.2) is 0 Å². The van der Waals surface area contributed by atoms with E-state index in [-0.39, 0.29) is 0 Å². The molecule has 0 aromatic heterocycles. The third-order valence-corrected chi connectivity index (χ3v) is 2.96. The molecule has 1 aliphatic carbocycles. The van der Waals surface area contributed by atoms with E-state index in [1.807, 2.05) is 0 Å². The van der Waals surface area contributed by atoms with E-state index in [4.69, 9.17) is 0 Å². The predicted octanol–water partition coefficient (Wildman–Crippen LogP) is 5.36. The fourth-order valence-electron chi connectivity index (χ4n) is 2.04. The van der Waals surface area contributed by atoms with E-state index < -0.39 is 29.9 Å². The zero-order chi connectivity index (χ0) is 16.4. The summed E-state index contributed by atoms with van der Waals surface area (Å²) in [5.74, 6) is 0. The molecule has 0 radical (unpaired) electrons. The van der Waals surface area contributed by atoms with Crippen LogP contribution >= 0.6 is 0 Å². The number of hydrogen-bond donors (Lipinski definition) is 1. The van der Waals surface area contributed by atoms with Crippen LogP contribution in [-0.4, -0.2) is 12.4 Å². The molecule has 7 heteroatoms. The van der Waals surface area contributed by atoms with E-state index in [9.17, 15) is 26.3 Å². The van der Waals surface area contributed by atoms with Gasteiger partial charge in [-0.05, 0) is 30.2 Å². The van der Waals surface area contributed by atoms with E-state index in [0.717, 1.165) is 6.08 Å². The lowest BCUT2D eigenvalue weighted by atomic mass is 9.99. The summed E-state index contributed by atoms with van der Waals surface area (Å²) in [6, 6.07) is 8.77. The van der Waals surface area contributed by atoms with Gasteiger partial charge in [-0.15, -0.1) is 0 Å². The molecule has 0 spiro atoms. The summed E-state index contributed by atoms with van der Waals surface area (Å²) in [6.45, 7) is 0. The molecular weight excluding hydrogens is 308 g/mol. The zero-order valence-electron chi connectivity index (χ0n) is 11.1. The van der Waals surface area contributed by atoms with Gasteiger partial charge in [0.1, 0.15) is 5.57 Å². The van der Waals surface area contributed by atoms with Crippen molar-refractivity contribution < 1.29 is 26.3 Å². The molecular formula is C15H11F6N. The normalized spacial score (nSPS) is 15.5. The van der Waals surface area contributed by atoms with Crippen LogP contribution in [0.2, 0.25) is 0 Å². The molecule has 0 heterocycles. The van der Waals surface area contributed by atoms with E-state index >= 15 is 0 Å². The van der Waals surface area contributed by atoms with Crippen LogP contribution in [0.1, 0.15) is 6.42 Å². The second-order valence-corrected chi connectivity index (χ2v) is 4.58. The van der Waals surface area contributed by atoms with E-state index in [1.165, 1.54) is 12.2 Å². The van der Waals surface area contributed by atoms with E-state index in [2.05, 4.69) is 5.32 Å². The minimum Gasteiger partial charge on any atom is -0.356 e. The highest BCUT2D eigenvalue weighted by Crippen LogP contribution is 2.42. The van der Waals surface area contributed by atoms with Crippen LogP contribution in [0, 0.1) is 0 Å². The standard InChI is InChI=1S/C15H11F6N/c16-14(17,18)13(15(19,20)21)10-6-8-12(9-7-10)22-11-4-2-1-3-5-11/h1-6,8-9,22H,7H2. The van der Waals surface area contributed by atoms with Gasteiger partial charge in [0.25, 0.3) is 0 Å². The molecule has 0 fully saturated rings. The Labute approximate surface area is 122 Å². The largest absolute Gasteiger partial charge is 0.421 e. The number of hydrogen-bond acceptors (Lipinski definition) is 1. The molecule has 22 heavy (non-hydrogen) atoms. The topological polar surface area (TPSA) is 12.0 Å². The van der Waals surface area contributed by atoms with Gasteiger partial charge >= 0.3 is 12.4 Å². The Bertz CT molecular complexity index is 604. The Hall–Kier alpha value is -2.18. The minimum atomic E-state index is -5.43. The molecule has 0 unspecified atom stereocenters. The molecule has 1 aromatic rings. The van der Waals surface area contributed by atoms with Crippen LogP contribution in [0.5, 0.6) is 0 Å². The number of allylic oxidation sites excluding steroid dienone is 5. The highest BCUT2D eigenvalue weighted by Gasteiger charge is 2.52. The fraction of sp³-hybridized carbons (Fsp3) is 0.200. The van der Waals surface area contributed by atoms with Crippen molar-refractivity contribution in [2.24, 2.45) is 0 Å². The van der Waals surface area contributed by atoms with Crippen molar-refractivity contribution >= 4 is 5.69 Å². The lowest BCUT2D eigenvalue weighted by Crippen LogP contribution is -2.28. The minimum absolute atomic E-state index is 0.443. The van der Waals surface area contributed by atoms with Gasteiger partial charge in [-0.2, -0.15) is 26.3 Å². The molecule has 118 valence electrons. The summed E-state index contributed by atoms with van der Waals surface area (Å²) >= 11 is 0. The summed E-state index contributed by atoms with van der Waals surface area (Å²) in [6.07, 6.45) is -7.98. The molecule has 0 amide bonds. The molecule has 0 bridgehead atoms. The van der Waals surface area contributed by atoms with Gasteiger partial charge in [-0.3, -0.25) is 0 Å². The lowest BCUT2D eigenvalue weighted by molar-refractivity contribution is -0.172. The number of rotatable bonds is 2. The maximum Gasteiger partial charge on any atom is 0.421 e. The van der Waals surface area contributed by atoms with Gasteiger partial charge in [0.05, 0.1) is 0 Å². The molecule has 0 aliphatic heterocycles. The smallest absolute Gasteiger partial charge is 0.356 e. The van der Waals surface area contributed by atoms with Crippen molar-refractivity contribution in [2.75, 3.05) is 5.32 Å². The van der Waals surface area contributed by atoms with Crippen molar-refractivity contribution in [3.63, 3.8) is 0 Å². The first-order valence-corrected chi connectivity index (χ1v) is 6.26. The maximum atomic E-state index is 12.6. The number of alkyl halides is 6. The summed E-state index contributed by atoms with van der Waals surface area (Å²) < 4.78 is 75.6. The van der Waals surface area contributed by atoms with Gasteiger partial charge in [0, 0.05) is 11.4 Å². The van der Waals surface area contributed by atoms with Gasteiger partial charge in [0.2, 0.25) is 0 Å². The maximum absolute atomic E-state index is 12.6. The first-order valence-electron chi connectivity index (χ1n) is 6.26. The Morgan fingerprint density at radius 2 is 1.45 bits per heavy atom. The van der Waals surface area contributed by atoms with Gasteiger partial charge in [0.15, 0.2) is 0 Å². The van der Waals surface area contributed by atoms with Gasteiger partial charge in [-0.1, -0.05) is 30.4 Å². The molecule has 1 aliphatic rings. The van der Waals surface area contributed by atoms with Crippen LogP contribution in [0.25, 0.3) is 0 Å². The Morgan fingerprint density at radius 3 is 1.91 bits per heavy atom. The molecule has 1 aromatic carbocycles. The average molecular weight is 319 g/mol. The van der Waals surface area contributed by atoms with Crippen LogP contribution in [0.4, 0.5) is 32.0 Å². The second kappa shape index (κ2) is 5.90. The predicted molar refractivity (Wildman–Crippen MR) is 71.0 cm³/mol. The lowest BCUT2D eigenvalue weighted by Gasteiger charge is -2.20. The summed E-state index contributed by atoms with van der Waals surface area (Å²) in [5, 5.41) is 2.91. The van der Waals surface area contributed by atoms with Crippen molar-refractivity contribution in [1.29, 1.82) is 0 Å². The van der Waals surface area contributed by atoms with Gasteiger partial charge < -0.3 is 5.32 Å². The SMILES string of the molecule is FC(F)(F)C(=C1C=CC(Nc2ccccc2)=CC1)C(F)(F)F. The van der Waals surface area contributed by atoms with E-state index in [1.54, 1.807) is 30.3 Å². The Balaban J connectivity index is 2.23. The van der Waals surface area contributed by atoms with Crippen LogP contribution in [0.3, 0.4) is 0 Å². The number of benzene rings is 1. The third-order valence-electron chi connectivity index (χ3n) is 2.96. The average Bonchev–Trinajstić information content (AvgIpc) is 2.39. The molecule has 0 saturated heterocycles.